The van der Waals surface area contributed by atoms with Crippen LogP contribution in [-0.4, -0.2) is 77.0 Å². The third kappa shape index (κ3) is 5.75. The van der Waals surface area contributed by atoms with Crippen molar-refractivity contribution in [1.29, 1.82) is 0 Å². The molecule has 0 saturated carbocycles. The van der Waals surface area contributed by atoms with Crippen LogP contribution in [0.1, 0.15) is 57.8 Å². The molecule has 2 fully saturated rings. The fraction of sp³-hybridized carbons (Fsp3) is 0.682. The van der Waals surface area contributed by atoms with Gasteiger partial charge in [0.1, 0.15) is 34.5 Å². The Balaban J connectivity index is 1.76. The lowest BCUT2D eigenvalue weighted by molar-refractivity contribution is 0.0178. The van der Waals surface area contributed by atoms with Crippen molar-refractivity contribution < 1.29 is 24.2 Å². The molecule has 1 amide bonds. The summed E-state index contributed by atoms with van der Waals surface area (Å²) in [6, 6.07) is 1.25. The highest BCUT2D eigenvalue weighted by atomic mass is 35.5. The summed E-state index contributed by atoms with van der Waals surface area (Å²) in [4.78, 5) is 32.5. The summed E-state index contributed by atoms with van der Waals surface area (Å²) in [6.45, 7) is 12.0. The van der Waals surface area contributed by atoms with Crippen LogP contribution >= 0.6 is 11.6 Å². The van der Waals surface area contributed by atoms with Crippen molar-refractivity contribution in [3.8, 4) is 5.75 Å². The van der Waals surface area contributed by atoms with Gasteiger partial charge in [0.15, 0.2) is 0 Å². The van der Waals surface area contributed by atoms with E-state index >= 15 is 0 Å². The van der Waals surface area contributed by atoms with Gasteiger partial charge in [-0.25, -0.2) is 14.6 Å². The first kappa shape index (κ1) is 24.4. The number of nitrogens with one attached hydrogen (secondary N) is 1. The van der Waals surface area contributed by atoms with Gasteiger partial charge in [-0.1, -0.05) is 11.6 Å². The maximum absolute atomic E-state index is 12.4. The Morgan fingerprint density at radius 3 is 2.66 bits per heavy atom. The first-order valence-electron chi connectivity index (χ1n) is 10.9. The number of carboxylic acid groups (broad SMARTS) is 1. The Morgan fingerprint density at radius 2 is 2.06 bits per heavy atom. The van der Waals surface area contributed by atoms with E-state index < -0.39 is 11.6 Å². The molecule has 2 N–H and O–H groups in total. The van der Waals surface area contributed by atoms with Gasteiger partial charge in [-0.05, 0) is 47.5 Å². The molecular formula is C22H33ClN4O5. The highest BCUT2D eigenvalue weighted by Gasteiger charge is 2.37. The standard InChI is InChI=1S/C22H33ClN4O5/c1-21(2,3)32-20(30)26-10-8-24-14(12-26)13-31-15-11-16(23)25-18(17(15)19(28)29)27-9-6-7-22(27,4)5/h11,14,24H,6-10,12-13H2,1-5H3,(H,28,29)/t14-/m1/s1. The maximum atomic E-state index is 12.4. The quantitative estimate of drug-likeness (QED) is 0.633. The summed E-state index contributed by atoms with van der Waals surface area (Å²) in [5.41, 5.74) is -0.792. The Labute approximate surface area is 194 Å². The number of carbonyl (C=O) groups excluding carboxylic acids is 1. The van der Waals surface area contributed by atoms with Crippen molar-refractivity contribution in [2.24, 2.45) is 0 Å². The maximum Gasteiger partial charge on any atom is 0.410 e. The molecule has 0 aromatic carbocycles. The molecule has 10 heteroatoms. The number of anilines is 1. The number of ether oxygens (including phenoxy) is 2. The molecule has 1 aromatic heterocycles. The molecule has 0 unspecified atom stereocenters. The molecule has 2 aliphatic rings. The number of pyridine rings is 1. The zero-order valence-corrected chi connectivity index (χ0v) is 20.2. The zero-order chi connectivity index (χ0) is 23.7. The minimum absolute atomic E-state index is 0.00387. The Morgan fingerprint density at radius 1 is 1.34 bits per heavy atom. The number of aromatic nitrogens is 1. The topological polar surface area (TPSA) is 104 Å². The average Bonchev–Trinajstić information content (AvgIpc) is 3.03. The molecule has 32 heavy (non-hydrogen) atoms. The van der Waals surface area contributed by atoms with Crippen LogP contribution in [0.25, 0.3) is 0 Å². The average molecular weight is 469 g/mol. The third-order valence-corrected chi connectivity index (χ3v) is 5.84. The van der Waals surface area contributed by atoms with Gasteiger partial charge in [0.25, 0.3) is 0 Å². The van der Waals surface area contributed by atoms with Gasteiger partial charge in [-0.2, -0.15) is 0 Å². The lowest BCUT2D eigenvalue weighted by Crippen LogP contribution is -2.55. The highest BCUT2D eigenvalue weighted by Crippen LogP contribution is 2.38. The van der Waals surface area contributed by atoms with Crippen molar-refractivity contribution in [3.63, 3.8) is 0 Å². The number of hydrogen-bond acceptors (Lipinski definition) is 7. The van der Waals surface area contributed by atoms with Gasteiger partial charge in [0.05, 0.1) is 6.04 Å². The summed E-state index contributed by atoms with van der Waals surface area (Å²) in [5, 5.41) is 13.4. The van der Waals surface area contributed by atoms with Gasteiger partial charge >= 0.3 is 12.1 Å². The van der Waals surface area contributed by atoms with Crippen LogP contribution in [0.15, 0.2) is 6.07 Å². The number of halogens is 1. The van der Waals surface area contributed by atoms with E-state index in [4.69, 9.17) is 21.1 Å². The lowest BCUT2D eigenvalue weighted by atomic mass is 10.0. The second-order valence-electron chi connectivity index (χ2n) is 9.90. The van der Waals surface area contributed by atoms with E-state index in [0.717, 1.165) is 12.8 Å². The van der Waals surface area contributed by atoms with Crippen LogP contribution in [-0.2, 0) is 4.74 Å². The molecule has 3 rings (SSSR count). The summed E-state index contributed by atoms with van der Waals surface area (Å²) < 4.78 is 11.4. The van der Waals surface area contributed by atoms with Crippen LogP contribution < -0.4 is 15.0 Å². The van der Waals surface area contributed by atoms with E-state index in [-0.39, 0.29) is 40.7 Å². The Kier molecular flexibility index (Phi) is 7.09. The first-order valence-corrected chi connectivity index (χ1v) is 11.3. The normalized spacial score (nSPS) is 20.9. The van der Waals surface area contributed by atoms with Gasteiger partial charge in [0, 0.05) is 37.8 Å². The smallest absolute Gasteiger partial charge is 0.410 e. The Hall–Kier alpha value is -2.26. The van der Waals surface area contributed by atoms with E-state index in [1.54, 1.807) is 4.90 Å². The first-order chi connectivity index (χ1) is 14.9. The van der Waals surface area contributed by atoms with Crippen molar-refractivity contribution in [1.82, 2.24) is 15.2 Å². The minimum atomic E-state index is -1.12. The summed E-state index contributed by atoms with van der Waals surface area (Å²) in [5.74, 6) is -0.616. The SMILES string of the molecule is CC(C)(C)OC(=O)N1CCN[C@@H](COc2cc(Cl)nc(N3CCCC3(C)C)c2C(=O)O)C1. The van der Waals surface area contributed by atoms with E-state index in [2.05, 4.69) is 24.1 Å². The molecule has 9 nitrogen and oxygen atoms in total. The number of carbonyl (C=O) groups is 2. The second kappa shape index (κ2) is 9.31. The molecule has 0 spiro atoms. The molecule has 0 radical (unpaired) electrons. The fourth-order valence-corrected chi connectivity index (χ4v) is 4.29. The fourth-order valence-electron chi connectivity index (χ4n) is 4.11. The number of carboxylic acids is 1. The number of aromatic carboxylic acids is 1. The predicted molar refractivity (Wildman–Crippen MR) is 122 cm³/mol. The van der Waals surface area contributed by atoms with Crippen molar-refractivity contribution in [3.05, 3.63) is 16.8 Å². The van der Waals surface area contributed by atoms with Crippen LogP contribution in [0.2, 0.25) is 5.15 Å². The largest absolute Gasteiger partial charge is 0.491 e. The monoisotopic (exact) mass is 468 g/mol. The highest BCUT2D eigenvalue weighted by molar-refractivity contribution is 6.29. The van der Waals surface area contributed by atoms with Crippen molar-refractivity contribution in [2.45, 2.75) is 64.6 Å². The van der Waals surface area contributed by atoms with Crippen molar-refractivity contribution >= 4 is 29.5 Å². The van der Waals surface area contributed by atoms with Crippen LogP contribution in [0.5, 0.6) is 5.75 Å². The molecule has 3 heterocycles. The van der Waals surface area contributed by atoms with E-state index in [1.165, 1.54) is 6.07 Å². The molecule has 0 aliphatic carbocycles. The number of piperazine rings is 1. The molecular weight excluding hydrogens is 436 g/mol. The molecule has 2 aliphatic heterocycles. The summed E-state index contributed by atoms with van der Waals surface area (Å²) >= 11 is 6.25. The molecule has 1 atom stereocenters. The van der Waals surface area contributed by atoms with Crippen molar-refractivity contribution in [2.75, 3.05) is 37.7 Å². The van der Waals surface area contributed by atoms with Gasteiger partial charge < -0.3 is 29.7 Å². The third-order valence-electron chi connectivity index (χ3n) is 5.65. The van der Waals surface area contributed by atoms with E-state index in [9.17, 15) is 14.7 Å². The number of rotatable bonds is 5. The van der Waals surface area contributed by atoms with Gasteiger partial charge in [-0.15, -0.1) is 0 Å². The van der Waals surface area contributed by atoms with Crippen LogP contribution in [0, 0.1) is 0 Å². The summed E-state index contributed by atoms with van der Waals surface area (Å²) in [6.07, 6.45) is 1.51. The van der Waals surface area contributed by atoms with Gasteiger partial charge in [-0.3, -0.25) is 0 Å². The minimum Gasteiger partial charge on any atom is -0.491 e. The van der Waals surface area contributed by atoms with Crippen LogP contribution in [0.3, 0.4) is 0 Å². The number of nitrogens with zero attached hydrogens (tertiary/aromatic N) is 3. The lowest BCUT2D eigenvalue weighted by Gasteiger charge is -2.35. The second-order valence-corrected chi connectivity index (χ2v) is 10.3. The van der Waals surface area contributed by atoms with Crippen LogP contribution in [0.4, 0.5) is 10.6 Å². The molecule has 1 aromatic rings. The van der Waals surface area contributed by atoms with Gasteiger partial charge in [0.2, 0.25) is 0 Å². The van der Waals surface area contributed by atoms with E-state index in [1.807, 2.05) is 25.7 Å². The Bertz CT molecular complexity index is 871. The number of amides is 1. The zero-order valence-electron chi connectivity index (χ0n) is 19.4. The molecule has 0 bridgehead atoms. The number of hydrogen-bond donors (Lipinski definition) is 2. The van der Waals surface area contributed by atoms with E-state index in [0.29, 0.717) is 32.0 Å². The summed E-state index contributed by atoms with van der Waals surface area (Å²) in [7, 11) is 0. The molecule has 178 valence electrons. The predicted octanol–water partition coefficient (Wildman–Crippen LogP) is 3.40. The molecule has 2 saturated heterocycles.